The quantitative estimate of drug-likeness (QED) is 0.689. The molecule has 0 aliphatic heterocycles. The Labute approximate surface area is 141 Å². The molecule has 0 radical (unpaired) electrons. The molecule has 0 spiro atoms. The molecule has 6 nitrogen and oxygen atoms in total. The van der Waals surface area contributed by atoms with Gasteiger partial charge in [-0.3, -0.25) is 0 Å². The molecule has 0 saturated heterocycles. The second-order valence-corrected chi connectivity index (χ2v) is 6.37. The number of aliphatic hydroxyl groups is 2. The van der Waals surface area contributed by atoms with E-state index in [2.05, 4.69) is 5.32 Å². The maximum Gasteiger partial charge on any atom is 0.407 e. The first-order chi connectivity index (χ1) is 10.7. The molecule has 3 N–H and O–H groups in total. The first-order valence-electron chi connectivity index (χ1n) is 7.23. The number of aliphatic hydroxyl groups excluding tert-OH is 2. The number of rotatable bonds is 6. The number of amides is 1. The van der Waals surface area contributed by atoms with E-state index in [0.717, 1.165) is 0 Å². The molecule has 0 heterocycles. The summed E-state index contributed by atoms with van der Waals surface area (Å²) in [4.78, 5) is 11.5. The topological polar surface area (TPSA) is 88.0 Å². The van der Waals surface area contributed by atoms with Gasteiger partial charge < -0.3 is 25.0 Å². The lowest BCUT2D eigenvalue weighted by Crippen LogP contribution is -2.38. The minimum Gasteiger partial charge on any atom is -0.496 e. The van der Waals surface area contributed by atoms with Crippen LogP contribution in [0.3, 0.4) is 0 Å². The van der Waals surface area contributed by atoms with Gasteiger partial charge in [-0.05, 0) is 38.5 Å². The van der Waals surface area contributed by atoms with Gasteiger partial charge in [0.1, 0.15) is 23.6 Å². The summed E-state index contributed by atoms with van der Waals surface area (Å²) in [5, 5.41) is 22.6. The highest BCUT2D eigenvalue weighted by Crippen LogP contribution is 2.26. The van der Waals surface area contributed by atoms with Crippen LogP contribution in [0.5, 0.6) is 5.75 Å². The number of carbonyl (C=O) groups excluding carboxylic acids is 1. The van der Waals surface area contributed by atoms with Gasteiger partial charge in [0.05, 0.1) is 13.0 Å². The number of ether oxygens (including phenoxy) is 2. The van der Waals surface area contributed by atoms with Gasteiger partial charge in [0, 0.05) is 12.1 Å². The summed E-state index contributed by atoms with van der Waals surface area (Å²) in [7, 11) is 1.53. The third-order valence-electron chi connectivity index (χ3n) is 3.01. The van der Waals surface area contributed by atoms with E-state index in [9.17, 15) is 15.0 Å². The molecule has 2 unspecified atom stereocenters. The van der Waals surface area contributed by atoms with Gasteiger partial charge >= 0.3 is 6.09 Å². The monoisotopic (exact) mass is 345 g/mol. The summed E-state index contributed by atoms with van der Waals surface area (Å²) in [6.45, 7) is 5.08. The molecule has 130 valence electrons. The van der Waals surface area contributed by atoms with Crippen LogP contribution in [0.4, 0.5) is 4.79 Å². The number of halogens is 1. The highest BCUT2D eigenvalue weighted by molar-refractivity contribution is 6.17. The molecule has 23 heavy (non-hydrogen) atoms. The van der Waals surface area contributed by atoms with Crippen molar-refractivity contribution in [3.05, 3.63) is 29.3 Å². The molecule has 1 rings (SSSR count). The fraction of sp³-hybridized carbons (Fsp3) is 0.562. The molecule has 0 fully saturated rings. The van der Waals surface area contributed by atoms with E-state index in [-0.39, 0.29) is 12.4 Å². The van der Waals surface area contributed by atoms with E-state index in [1.54, 1.807) is 39.0 Å². The Balaban J connectivity index is 2.66. The Kier molecular flexibility index (Phi) is 7.12. The number of methoxy groups -OCH3 is 1. The number of benzene rings is 1. The lowest BCUT2D eigenvalue weighted by atomic mass is 10.0. The zero-order valence-electron chi connectivity index (χ0n) is 13.8. The Morgan fingerprint density at radius 3 is 2.52 bits per heavy atom. The molecular formula is C16H24ClNO5. The summed E-state index contributed by atoms with van der Waals surface area (Å²) in [5.41, 5.74) is 0.566. The summed E-state index contributed by atoms with van der Waals surface area (Å²) in [6.07, 6.45) is -3.00. The minimum atomic E-state index is -1.18. The van der Waals surface area contributed by atoms with Crippen LogP contribution in [-0.4, -0.2) is 41.7 Å². The van der Waals surface area contributed by atoms with Crippen LogP contribution in [0, 0.1) is 0 Å². The van der Waals surface area contributed by atoms with Crippen LogP contribution < -0.4 is 10.1 Å². The Morgan fingerprint density at radius 2 is 2.00 bits per heavy atom. The predicted octanol–water partition coefficient (Wildman–Crippen LogP) is 2.35. The van der Waals surface area contributed by atoms with E-state index >= 15 is 0 Å². The van der Waals surface area contributed by atoms with Gasteiger partial charge in [-0.2, -0.15) is 0 Å². The molecule has 0 aliphatic carbocycles. The van der Waals surface area contributed by atoms with Crippen molar-refractivity contribution in [3.8, 4) is 5.75 Å². The summed E-state index contributed by atoms with van der Waals surface area (Å²) < 4.78 is 10.2. The molecule has 0 bridgehead atoms. The fourth-order valence-electron chi connectivity index (χ4n) is 1.92. The third kappa shape index (κ3) is 6.25. The number of carbonyl (C=O) groups is 1. The van der Waals surface area contributed by atoms with E-state index in [1.165, 1.54) is 7.11 Å². The molecule has 1 amide bonds. The number of nitrogens with one attached hydrogen (secondary N) is 1. The van der Waals surface area contributed by atoms with Crippen molar-refractivity contribution in [3.63, 3.8) is 0 Å². The van der Waals surface area contributed by atoms with Gasteiger partial charge in [-0.1, -0.05) is 6.07 Å². The second kappa shape index (κ2) is 8.38. The number of hydrogen-bond donors (Lipinski definition) is 3. The average molecular weight is 346 g/mol. The largest absolute Gasteiger partial charge is 0.496 e. The van der Waals surface area contributed by atoms with Crippen molar-refractivity contribution < 1.29 is 24.5 Å². The van der Waals surface area contributed by atoms with Gasteiger partial charge in [-0.25, -0.2) is 4.79 Å². The van der Waals surface area contributed by atoms with Crippen molar-refractivity contribution >= 4 is 17.7 Å². The number of alkyl halides is 1. The molecule has 1 aromatic rings. The standard InChI is InChI=1S/C16H24ClNO5/c1-16(2,3)23-15(21)18-9-12(19)14(20)10-5-6-13(22-4)11(7-10)8-17/h5-7,12,14,19-20H,8-9H2,1-4H3,(H,18,21). The summed E-state index contributed by atoms with van der Waals surface area (Å²) in [6, 6.07) is 4.97. The number of alkyl carbamates (subject to hydrolysis) is 1. The number of hydrogen-bond acceptors (Lipinski definition) is 5. The van der Waals surface area contributed by atoms with Crippen molar-refractivity contribution in [2.24, 2.45) is 0 Å². The van der Waals surface area contributed by atoms with Crippen LogP contribution in [0.25, 0.3) is 0 Å². The molecule has 2 atom stereocenters. The van der Waals surface area contributed by atoms with Crippen LogP contribution >= 0.6 is 11.6 Å². The first-order valence-corrected chi connectivity index (χ1v) is 7.77. The van der Waals surface area contributed by atoms with Crippen LogP contribution in [0.1, 0.15) is 38.0 Å². The van der Waals surface area contributed by atoms with E-state index in [0.29, 0.717) is 16.9 Å². The maximum atomic E-state index is 11.5. The minimum absolute atomic E-state index is 0.141. The summed E-state index contributed by atoms with van der Waals surface area (Å²) in [5.74, 6) is 0.827. The highest BCUT2D eigenvalue weighted by atomic mass is 35.5. The smallest absolute Gasteiger partial charge is 0.407 e. The molecule has 0 aromatic heterocycles. The zero-order valence-corrected chi connectivity index (χ0v) is 14.6. The molecule has 7 heteroatoms. The SMILES string of the molecule is COc1ccc(C(O)C(O)CNC(=O)OC(C)(C)C)cc1CCl. The van der Waals surface area contributed by atoms with Gasteiger partial charge in [0.25, 0.3) is 0 Å². The van der Waals surface area contributed by atoms with Gasteiger partial charge in [0.15, 0.2) is 0 Å². The van der Waals surface area contributed by atoms with Crippen molar-refractivity contribution in [1.29, 1.82) is 0 Å². The average Bonchev–Trinajstić information content (AvgIpc) is 2.49. The second-order valence-electron chi connectivity index (χ2n) is 6.10. The van der Waals surface area contributed by atoms with E-state index in [1.807, 2.05) is 0 Å². The predicted molar refractivity (Wildman–Crippen MR) is 87.8 cm³/mol. The zero-order chi connectivity index (χ0) is 17.6. The first kappa shape index (κ1) is 19.5. The Morgan fingerprint density at radius 1 is 1.35 bits per heavy atom. The van der Waals surface area contributed by atoms with Crippen LogP contribution in [0.15, 0.2) is 18.2 Å². The fourth-order valence-corrected chi connectivity index (χ4v) is 2.13. The van der Waals surface area contributed by atoms with Gasteiger partial charge in [-0.15, -0.1) is 11.6 Å². The summed E-state index contributed by atoms with van der Waals surface area (Å²) >= 11 is 5.83. The van der Waals surface area contributed by atoms with Crippen molar-refractivity contribution in [1.82, 2.24) is 5.32 Å². The highest BCUT2D eigenvalue weighted by Gasteiger charge is 2.22. The van der Waals surface area contributed by atoms with E-state index < -0.39 is 23.9 Å². The lowest BCUT2D eigenvalue weighted by Gasteiger charge is -2.22. The normalized spacial score (nSPS) is 14.0. The van der Waals surface area contributed by atoms with Gasteiger partial charge in [0.2, 0.25) is 0 Å². The Hall–Kier alpha value is -1.50. The lowest BCUT2D eigenvalue weighted by molar-refractivity contribution is 0.0129. The Bertz CT molecular complexity index is 530. The molecule has 1 aromatic carbocycles. The molecular weight excluding hydrogens is 322 g/mol. The molecule has 0 saturated carbocycles. The van der Waals surface area contributed by atoms with Crippen LogP contribution in [-0.2, 0) is 10.6 Å². The van der Waals surface area contributed by atoms with Crippen LogP contribution in [0.2, 0.25) is 0 Å². The third-order valence-corrected chi connectivity index (χ3v) is 3.30. The maximum absolute atomic E-state index is 11.5. The molecule has 0 aliphatic rings. The van der Waals surface area contributed by atoms with E-state index in [4.69, 9.17) is 21.1 Å². The van der Waals surface area contributed by atoms with Crippen molar-refractivity contribution in [2.45, 2.75) is 44.5 Å². The van der Waals surface area contributed by atoms with Crippen molar-refractivity contribution in [2.75, 3.05) is 13.7 Å².